The molecule has 0 aliphatic rings. The maximum atomic E-state index is 12.4. The summed E-state index contributed by atoms with van der Waals surface area (Å²) in [5.41, 5.74) is 6.38. The van der Waals surface area contributed by atoms with Crippen LogP contribution in [0.2, 0.25) is 0 Å². The van der Waals surface area contributed by atoms with E-state index >= 15 is 0 Å². The summed E-state index contributed by atoms with van der Waals surface area (Å²) in [5.74, 6) is -1.21. The molecule has 6 heteroatoms. The van der Waals surface area contributed by atoms with Gasteiger partial charge in [-0.1, -0.05) is 115 Å². The summed E-state index contributed by atoms with van der Waals surface area (Å²) in [7, 11) is 0. The summed E-state index contributed by atoms with van der Waals surface area (Å²) in [5, 5.41) is 19.9. The van der Waals surface area contributed by atoms with Crippen molar-refractivity contribution in [3.63, 3.8) is 0 Å². The average molecular weight is 645 g/mol. The first-order valence-electron chi connectivity index (χ1n) is 16.1. The van der Waals surface area contributed by atoms with Crippen molar-refractivity contribution in [2.24, 2.45) is 0 Å². The molecule has 0 atom stereocenters. The lowest BCUT2D eigenvalue weighted by atomic mass is 10.1. The smallest absolute Gasteiger partial charge is 0.338 e. The third-order valence-corrected chi connectivity index (χ3v) is 8.05. The highest BCUT2D eigenvalue weighted by molar-refractivity contribution is 5.96. The van der Waals surface area contributed by atoms with Gasteiger partial charge in [0.1, 0.15) is 6.61 Å². The van der Waals surface area contributed by atoms with Gasteiger partial charge in [0.2, 0.25) is 0 Å². The first-order valence-corrected chi connectivity index (χ1v) is 16.1. The van der Waals surface area contributed by atoms with E-state index in [4.69, 9.17) is 9.84 Å². The monoisotopic (exact) mass is 644 g/mol. The molecule has 7 aromatic rings. The Balaban J connectivity index is 0.000000177. The van der Waals surface area contributed by atoms with Crippen molar-refractivity contribution < 1.29 is 19.4 Å². The predicted molar refractivity (Wildman–Crippen MR) is 198 cm³/mol. The Morgan fingerprint density at radius 2 is 0.878 bits per heavy atom. The van der Waals surface area contributed by atoms with Gasteiger partial charge in [0.25, 0.3) is 0 Å². The van der Waals surface area contributed by atoms with Gasteiger partial charge in [-0.2, -0.15) is 0 Å². The Labute approximate surface area is 285 Å². The number of fused-ring (bicyclic) bond motifs is 2. The number of aromatic carboxylic acids is 1. The van der Waals surface area contributed by atoms with Crippen LogP contribution in [0.25, 0.3) is 21.5 Å². The SMILES string of the molecule is O=C(O)c1ccc2cc(NCc3ccccc3)ccc2c1.O=C(OCc1ccccc1)c1ccc2cc(NCc3ccccc3)ccc2c1. The predicted octanol–water partition coefficient (Wildman–Crippen LogP) is 9.96. The largest absolute Gasteiger partial charge is 0.478 e. The van der Waals surface area contributed by atoms with Crippen molar-refractivity contribution in [1.29, 1.82) is 0 Å². The molecule has 0 radical (unpaired) electrons. The van der Waals surface area contributed by atoms with Crippen molar-refractivity contribution in [2.45, 2.75) is 19.7 Å². The van der Waals surface area contributed by atoms with Crippen molar-refractivity contribution in [3.05, 3.63) is 192 Å². The van der Waals surface area contributed by atoms with Crippen LogP contribution in [0, 0.1) is 0 Å². The molecule has 49 heavy (non-hydrogen) atoms. The quantitative estimate of drug-likeness (QED) is 0.129. The van der Waals surface area contributed by atoms with Gasteiger partial charge in [0.15, 0.2) is 0 Å². The van der Waals surface area contributed by atoms with Crippen LogP contribution in [0.5, 0.6) is 0 Å². The van der Waals surface area contributed by atoms with Crippen molar-refractivity contribution >= 4 is 44.9 Å². The number of ether oxygens (including phenoxy) is 1. The number of nitrogens with one attached hydrogen (secondary N) is 2. The van der Waals surface area contributed by atoms with Gasteiger partial charge < -0.3 is 20.5 Å². The molecule has 0 saturated carbocycles. The molecular weight excluding hydrogens is 608 g/mol. The number of hydrogen-bond acceptors (Lipinski definition) is 5. The summed E-state index contributed by atoms with van der Waals surface area (Å²) in [6.45, 7) is 1.82. The molecule has 0 spiro atoms. The minimum absolute atomic E-state index is 0.278. The van der Waals surface area contributed by atoms with Gasteiger partial charge in [0.05, 0.1) is 11.1 Å². The van der Waals surface area contributed by atoms with Crippen LogP contribution < -0.4 is 10.6 Å². The van der Waals surface area contributed by atoms with Crippen LogP contribution in [0.4, 0.5) is 11.4 Å². The van der Waals surface area contributed by atoms with E-state index < -0.39 is 5.97 Å². The molecule has 0 unspecified atom stereocenters. The Kier molecular flexibility index (Phi) is 10.6. The Hall–Kier alpha value is -6.40. The van der Waals surface area contributed by atoms with E-state index in [0.29, 0.717) is 11.1 Å². The van der Waals surface area contributed by atoms with Crippen LogP contribution in [-0.2, 0) is 24.4 Å². The number of hydrogen-bond donors (Lipinski definition) is 3. The van der Waals surface area contributed by atoms with E-state index in [9.17, 15) is 9.59 Å². The number of benzene rings is 7. The number of rotatable bonds is 10. The number of carbonyl (C=O) groups is 2. The van der Waals surface area contributed by atoms with Crippen LogP contribution in [0.3, 0.4) is 0 Å². The van der Waals surface area contributed by atoms with E-state index in [1.165, 1.54) is 11.1 Å². The fourth-order valence-electron chi connectivity index (χ4n) is 5.38. The zero-order chi connectivity index (χ0) is 33.8. The number of carboxylic acids is 1. The van der Waals surface area contributed by atoms with Gasteiger partial charge in [-0.25, -0.2) is 9.59 Å². The van der Waals surface area contributed by atoms with Gasteiger partial charge in [0, 0.05) is 24.5 Å². The molecule has 0 saturated heterocycles. The average Bonchev–Trinajstić information content (AvgIpc) is 3.16. The summed E-state index contributed by atoms with van der Waals surface area (Å²) in [4.78, 5) is 23.3. The molecule has 7 aromatic carbocycles. The molecule has 0 aliphatic carbocycles. The van der Waals surface area contributed by atoms with Gasteiger partial charge in [-0.3, -0.25) is 0 Å². The highest BCUT2D eigenvalue weighted by atomic mass is 16.5. The molecule has 242 valence electrons. The van der Waals surface area contributed by atoms with Gasteiger partial charge in [-0.05, 0) is 86.8 Å². The van der Waals surface area contributed by atoms with Gasteiger partial charge in [-0.15, -0.1) is 0 Å². The Morgan fingerprint density at radius 3 is 1.37 bits per heavy atom. The van der Waals surface area contributed by atoms with Crippen molar-refractivity contribution in [3.8, 4) is 0 Å². The highest BCUT2D eigenvalue weighted by Gasteiger charge is 2.09. The summed E-state index contributed by atoms with van der Waals surface area (Å²) in [6, 6.07) is 53.1. The molecular formula is C43H36N2O4. The minimum atomic E-state index is -0.900. The second-order valence-electron chi connectivity index (χ2n) is 11.6. The third-order valence-electron chi connectivity index (χ3n) is 8.05. The Morgan fingerprint density at radius 1 is 0.469 bits per heavy atom. The lowest BCUT2D eigenvalue weighted by Gasteiger charge is -2.09. The summed E-state index contributed by atoms with van der Waals surface area (Å²) in [6.07, 6.45) is 0. The number of anilines is 2. The minimum Gasteiger partial charge on any atom is -0.478 e. The highest BCUT2D eigenvalue weighted by Crippen LogP contribution is 2.23. The molecule has 0 heterocycles. The van der Waals surface area contributed by atoms with Crippen LogP contribution >= 0.6 is 0 Å². The lowest BCUT2D eigenvalue weighted by molar-refractivity contribution is 0.0472. The van der Waals surface area contributed by atoms with E-state index in [1.807, 2.05) is 121 Å². The second kappa shape index (κ2) is 15.9. The zero-order valence-corrected chi connectivity index (χ0v) is 26.9. The standard InChI is InChI=1S/C25H21NO2.C18H15NO2/c27-25(28-18-20-9-5-2-6-10-20)23-12-11-22-16-24(14-13-21(22)15-23)26-17-19-7-3-1-4-8-19;20-18(21)16-7-6-15-11-17(9-8-14(15)10-16)19-12-13-4-2-1-3-5-13/h1-16,26H,17-18H2;1-11,19H,12H2,(H,20,21). The van der Waals surface area contributed by atoms with E-state index in [-0.39, 0.29) is 12.6 Å². The summed E-state index contributed by atoms with van der Waals surface area (Å²) < 4.78 is 5.42. The van der Waals surface area contributed by atoms with Crippen molar-refractivity contribution in [2.75, 3.05) is 10.6 Å². The zero-order valence-electron chi connectivity index (χ0n) is 26.9. The number of carboxylic acid groups (broad SMARTS) is 1. The Bertz CT molecular complexity index is 2170. The van der Waals surface area contributed by atoms with Crippen LogP contribution in [0.15, 0.2) is 164 Å². The molecule has 0 bridgehead atoms. The first-order chi connectivity index (χ1) is 24.0. The fraction of sp³-hybridized carbons (Fsp3) is 0.0698. The molecule has 0 aliphatic heterocycles. The molecule has 0 amide bonds. The number of esters is 1. The van der Waals surface area contributed by atoms with E-state index in [0.717, 1.165) is 51.6 Å². The first kappa shape index (κ1) is 32.5. The molecule has 0 fully saturated rings. The van der Waals surface area contributed by atoms with Crippen LogP contribution in [0.1, 0.15) is 37.4 Å². The molecule has 6 nitrogen and oxygen atoms in total. The normalized spacial score (nSPS) is 10.5. The van der Waals surface area contributed by atoms with E-state index in [2.05, 4.69) is 41.0 Å². The second-order valence-corrected chi connectivity index (χ2v) is 11.6. The molecule has 3 N–H and O–H groups in total. The van der Waals surface area contributed by atoms with Crippen LogP contribution in [-0.4, -0.2) is 17.0 Å². The third kappa shape index (κ3) is 9.11. The fourth-order valence-corrected chi connectivity index (χ4v) is 5.38. The maximum absolute atomic E-state index is 12.4. The summed E-state index contributed by atoms with van der Waals surface area (Å²) >= 11 is 0. The topological polar surface area (TPSA) is 87.7 Å². The maximum Gasteiger partial charge on any atom is 0.338 e. The van der Waals surface area contributed by atoms with Crippen molar-refractivity contribution in [1.82, 2.24) is 0 Å². The molecule has 7 rings (SSSR count). The van der Waals surface area contributed by atoms with Gasteiger partial charge >= 0.3 is 11.9 Å². The lowest BCUT2D eigenvalue weighted by Crippen LogP contribution is -2.05. The molecule has 0 aromatic heterocycles. The number of carbonyl (C=O) groups excluding carboxylic acids is 1. The van der Waals surface area contributed by atoms with E-state index in [1.54, 1.807) is 12.1 Å².